The Bertz CT molecular complexity index is 1070. The average molecular weight is 447 g/mol. The second-order valence-electron chi connectivity index (χ2n) is 8.61. The zero-order valence-electron chi connectivity index (χ0n) is 18.9. The van der Waals surface area contributed by atoms with Crippen LogP contribution in [0.15, 0.2) is 60.8 Å². The SMILES string of the molecule is COc1ccc(C(CNC(=O)c2cnn(-c3ccccc3)c2C2CC2)N2CCOCC2)cc1. The van der Waals surface area contributed by atoms with Gasteiger partial charge in [-0.3, -0.25) is 9.69 Å². The maximum atomic E-state index is 13.3. The van der Waals surface area contributed by atoms with Crippen LogP contribution < -0.4 is 10.1 Å². The molecule has 2 aromatic carbocycles. The molecule has 1 N–H and O–H groups in total. The first-order valence-corrected chi connectivity index (χ1v) is 11.6. The van der Waals surface area contributed by atoms with Gasteiger partial charge >= 0.3 is 0 Å². The van der Waals surface area contributed by atoms with Crippen molar-refractivity contribution in [3.05, 3.63) is 77.6 Å². The van der Waals surface area contributed by atoms with Gasteiger partial charge in [0, 0.05) is 25.6 Å². The minimum Gasteiger partial charge on any atom is -0.497 e. The van der Waals surface area contributed by atoms with Crippen molar-refractivity contribution in [2.24, 2.45) is 0 Å². The van der Waals surface area contributed by atoms with Gasteiger partial charge in [-0.2, -0.15) is 5.10 Å². The molecule has 2 heterocycles. The van der Waals surface area contributed by atoms with Gasteiger partial charge in [-0.25, -0.2) is 4.68 Å². The molecule has 0 radical (unpaired) electrons. The second kappa shape index (κ2) is 9.77. The summed E-state index contributed by atoms with van der Waals surface area (Å²) in [7, 11) is 1.67. The van der Waals surface area contributed by atoms with Gasteiger partial charge in [0.15, 0.2) is 0 Å². The third-order valence-electron chi connectivity index (χ3n) is 6.46. The van der Waals surface area contributed by atoms with Crippen LogP contribution in [-0.2, 0) is 4.74 Å². The van der Waals surface area contributed by atoms with Crippen molar-refractivity contribution in [1.29, 1.82) is 0 Å². The monoisotopic (exact) mass is 446 g/mol. The number of nitrogens with zero attached hydrogens (tertiary/aromatic N) is 3. The number of carbonyl (C=O) groups excluding carboxylic acids is 1. The fourth-order valence-electron chi connectivity index (χ4n) is 4.51. The van der Waals surface area contributed by atoms with E-state index in [2.05, 4.69) is 27.4 Å². The molecule has 2 fully saturated rings. The van der Waals surface area contributed by atoms with E-state index < -0.39 is 0 Å². The highest BCUT2D eigenvalue weighted by Crippen LogP contribution is 2.42. The van der Waals surface area contributed by atoms with Crippen LogP contribution in [0, 0.1) is 0 Å². The zero-order valence-corrected chi connectivity index (χ0v) is 18.9. The van der Waals surface area contributed by atoms with Crippen LogP contribution in [-0.4, -0.2) is 60.5 Å². The summed E-state index contributed by atoms with van der Waals surface area (Å²) >= 11 is 0. The molecule has 1 aromatic heterocycles. The molecule has 1 aliphatic carbocycles. The first-order valence-electron chi connectivity index (χ1n) is 11.6. The Morgan fingerprint density at radius 2 is 1.85 bits per heavy atom. The Labute approximate surface area is 194 Å². The number of aromatic nitrogens is 2. The lowest BCUT2D eigenvalue weighted by Crippen LogP contribution is -2.43. The third kappa shape index (κ3) is 4.79. The summed E-state index contributed by atoms with van der Waals surface area (Å²) in [6.45, 7) is 3.61. The summed E-state index contributed by atoms with van der Waals surface area (Å²) in [6.07, 6.45) is 3.91. The van der Waals surface area contributed by atoms with Crippen molar-refractivity contribution < 1.29 is 14.3 Å². The molecule has 1 saturated carbocycles. The molecule has 2 aliphatic rings. The molecule has 1 atom stereocenters. The number of ether oxygens (including phenoxy) is 2. The largest absolute Gasteiger partial charge is 0.497 e. The van der Waals surface area contributed by atoms with Gasteiger partial charge in [0.05, 0.1) is 49.5 Å². The van der Waals surface area contributed by atoms with Crippen molar-refractivity contribution in [2.75, 3.05) is 40.0 Å². The van der Waals surface area contributed by atoms with Gasteiger partial charge in [0.2, 0.25) is 0 Å². The highest BCUT2D eigenvalue weighted by Gasteiger charge is 2.33. The number of amides is 1. The van der Waals surface area contributed by atoms with Crippen LogP contribution in [0.4, 0.5) is 0 Å². The highest BCUT2D eigenvalue weighted by molar-refractivity contribution is 5.95. The molecule has 1 saturated heterocycles. The molecule has 7 heteroatoms. The van der Waals surface area contributed by atoms with Gasteiger partial charge < -0.3 is 14.8 Å². The summed E-state index contributed by atoms with van der Waals surface area (Å²) in [5, 5.41) is 7.78. The topological polar surface area (TPSA) is 68.6 Å². The average Bonchev–Trinajstić information content (AvgIpc) is 3.63. The van der Waals surface area contributed by atoms with Crippen molar-refractivity contribution in [3.63, 3.8) is 0 Å². The van der Waals surface area contributed by atoms with Crippen LogP contribution >= 0.6 is 0 Å². The Hall–Kier alpha value is -3.16. The minimum absolute atomic E-state index is 0.0640. The van der Waals surface area contributed by atoms with E-state index in [1.807, 2.05) is 47.1 Å². The summed E-state index contributed by atoms with van der Waals surface area (Å²) in [5.41, 5.74) is 3.84. The molecule has 5 rings (SSSR count). The van der Waals surface area contributed by atoms with E-state index in [4.69, 9.17) is 9.47 Å². The maximum Gasteiger partial charge on any atom is 0.254 e. The van der Waals surface area contributed by atoms with E-state index in [1.165, 1.54) is 0 Å². The van der Waals surface area contributed by atoms with Crippen LogP contribution in [0.3, 0.4) is 0 Å². The van der Waals surface area contributed by atoms with Crippen molar-refractivity contribution in [1.82, 2.24) is 20.0 Å². The van der Waals surface area contributed by atoms with Crippen molar-refractivity contribution in [2.45, 2.75) is 24.8 Å². The molecule has 7 nitrogen and oxygen atoms in total. The Morgan fingerprint density at radius 3 is 2.52 bits per heavy atom. The number of morpholine rings is 1. The van der Waals surface area contributed by atoms with Crippen molar-refractivity contribution in [3.8, 4) is 11.4 Å². The number of hydrogen-bond acceptors (Lipinski definition) is 5. The zero-order chi connectivity index (χ0) is 22.6. The molecule has 172 valence electrons. The number of hydrogen-bond donors (Lipinski definition) is 1. The molecule has 33 heavy (non-hydrogen) atoms. The van der Waals surface area contributed by atoms with E-state index in [9.17, 15) is 4.79 Å². The summed E-state index contributed by atoms with van der Waals surface area (Å²) in [6, 6.07) is 18.2. The molecular formula is C26H30N4O3. The Morgan fingerprint density at radius 1 is 1.12 bits per heavy atom. The van der Waals surface area contributed by atoms with Gasteiger partial charge in [-0.15, -0.1) is 0 Å². The standard InChI is InChI=1S/C26H30N4O3/c1-32-22-11-9-19(10-12-22)24(29-13-15-33-16-14-29)18-27-26(31)23-17-28-30(25(23)20-7-8-20)21-5-3-2-4-6-21/h2-6,9-12,17,20,24H,7-8,13-16,18H2,1H3,(H,27,31). The smallest absolute Gasteiger partial charge is 0.254 e. The van der Waals surface area contributed by atoms with E-state index in [-0.39, 0.29) is 11.9 Å². The van der Waals surface area contributed by atoms with Crippen LogP contribution in [0.25, 0.3) is 5.69 Å². The molecule has 0 bridgehead atoms. The molecule has 0 spiro atoms. The lowest BCUT2D eigenvalue weighted by atomic mass is 10.0. The fourth-order valence-corrected chi connectivity index (χ4v) is 4.51. The summed E-state index contributed by atoms with van der Waals surface area (Å²) in [4.78, 5) is 15.7. The van der Waals surface area contributed by atoms with Gasteiger partial charge in [0.25, 0.3) is 5.91 Å². The Balaban J connectivity index is 1.36. The van der Waals surface area contributed by atoms with Gasteiger partial charge in [-0.1, -0.05) is 30.3 Å². The first kappa shape index (κ1) is 21.7. The van der Waals surface area contributed by atoms with Crippen LogP contribution in [0.2, 0.25) is 0 Å². The molecule has 1 unspecified atom stereocenters. The number of rotatable bonds is 8. The number of methoxy groups -OCH3 is 1. The second-order valence-corrected chi connectivity index (χ2v) is 8.61. The van der Waals surface area contributed by atoms with Crippen LogP contribution in [0.1, 0.15) is 46.4 Å². The highest BCUT2D eigenvalue weighted by atomic mass is 16.5. The predicted molar refractivity (Wildman–Crippen MR) is 126 cm³/mol. The summed E-state index contributed by atoms with van der Waals surface area (Å²) in [5.74, 6) is 1.15. The number of carbonyl (C=O) groups is 1. The van der Waals surface area contributed by atoms with Gasteiger partial charge in [0.1, 0.15) is 5.75 Å². The maximum absolute atomic E-state index is 13.3. The van der Waals surface area contributed by atoms with E-state index in [0.717, 1.165) is 48.6 Å². The number of para-hydroxylation sites is 1. The number of nitrogens with one attached hydrogen (secondary N) is 1. The molecule has 1 amide bonds. The fraction of sp³-hybridized carbons (Fsp3) is 0.385. The first-order chi connectivity index (χ1) is 16.2. The van der Waals surface area contributed by atoms with E-state index >= 15 is 0 Å². The third-order valence-corrected chi connectivity index (χ3v) is 6.46. The predicted octanol–water partition coefficient (Wildman–Crippen LogP) is 3.56. The van der Waals surface area contributed by atoms with Crippen molar-refractivity contribution >= 4 is 5.91 Å². The normalized spacial score (nSPS) is 17.5. The quantitative estimate of drug-likeness (QED) is 0.573. The Kier molecular flexibility index (Phi) is 6.41. The van der Waals surface area contributed by atoms with E-state index in [1.54, 1.807) is 13.3 Å². The lowest BCUT2D eigenvalue weighted by molar-refractivity contribution is 0.0162. The number of benzene rings is 2. The van der Waals surface area contributed by atoms with Crippen LogP contribution in [0.5, 0.6) is 5.75 Å². The molecule has 1 aliphatic heterocycles. The lowest BCUT2D eigenvalue weighted by Gasteiger charge is -2.35. The summed E-state index contributed by atoms with van der Waals surface area (Å²) < 4.78 is 12.8. The molecular weight excluding hydrogens is 416 g/mol. The molecule has 3 aromatic rings. The van der Waals surface area contributed by atoms with E-state index in [0.29, 0.717) is 31.2 Å². The van der Waals surface area contributed by atoms with Gasteiger partial charge in [-0.05, 0) is 42.7 Å². The minimum atomic E-state index is -0.0640.